The second-order valence-electron chi connectivity index (χ2n) is 12.1. The van der Waals surface area contributed by atoms with E-state index in [2.05, 4.69) is 10.6 Å². The quantitative estimate of drug-likeness (QED) is 0.374. The van der Waals surface area contributed by atoms with E-state index in [9.17, 15) is 19.1 Å². The maximum absolute atomic E-state index is 14.9. The first-order valence-corrected chi connectivity index (χ1v) is 13.2. The van der Waals surface area contributed by atoms with E-state index in [0.29, 0.717) is 35.4 Å². The first-order chi connectivity index (χ1) is 17.2. The molecule has 6 nitrogen and oxygen atoms in total. The number of halogens is 3. The van der Waals surface area contributed by atoms with Crippen molar-refractivity contribution in [3.63, 3.8) is 0 Å². The van der Waals surface area contributed by atoms with E-state index in [1.165, 1.54) is 12.1 Å². The molecule has 0 aromatic heterocycles. The van der Waals surface area contributed by atoms with Crippen LogP contribution in [0.5, 0.6) is 5.75 Å². The molecule has 9 heteroatoms. The van der Waals surface area contributed by atoms with Gasteiger partial charge in [0.2, 0.25) is 5.91 Å². The molecule has 37 heavy (non-hydrogen) atoms. The number of amides is 1. The Balaban J connectivity index is 1.68. The van der Waals surface area contributed by atoms with Crippen LogP contribution >= 0.6 is 23.2 Å². The molecule has 4 unspecified atom stereocenters. The molecule has 2 aromatic carbocycles. The molecule has 2 fully saturated rings. The van der Waals surface area contributed by atoms with Crippen LogP contribution in [0.25, 0.3) is 0 Å². The number of esters is 1. The maximum atomic E-state index is 14.9. The zero-order chi connectivity index (χ0) is 26.9. The van der Waals surface area contributed by atoms with Crippen LogP contribution in [0.3, 0.4) is 0 Å². The Morgan fingerprint density at radius 3 is 2.57 bits per heavy atom. The van der Waals surface area contributed by atoms with Crippen molar-refractivity contribution >= 4 is 35.1 Å². The summed E-state index contributed by atoms with van der Waals surface area (Å²) in [5.41, 5.74) is -1.42. The van der Waals surface area contributed by atoms with Crippen LogP contribution in [0.1, 0.15) is 64.0 Å². The average Bonchev–Trinajstić information content (AvgIpc) is 3.22. The first kappa shape index (κ1) is 26.4. The van der Waals surface area contributed by atoms with Gasteiger partial charge in [-0.1, -0.05) is 56.1 Å². The minimum atomic E-state index is -1.40. The molecule has 1 saturated heterocycles. The Morgan fingerprint density at radius 2 is 1.95 bits per heavy atom. The van der Waals surface area contributed by atoms with Crippen LogP contribution in [0.2, 0.25) is 10.0 Å². The zero-order valence-electron chi connectivity index (χ0n) is 21.2. The Morgan fingerprint density at radius 1 is 1.24 bits per heavy atom. The van der Waals surface area contributed by atoms with Crippen LogP contribution in [-0.4, -0.2) is 40.7 Å². The van der Waals surface area contributed by atoms with Gasteiger partial charge in [0.1, 0.15) is 17.0 Å². The molecule has 1 spiro atoms. The summed E-state index contributed by atoms with van der Waals surface area (Å²) in [5, 5.41) is 17.0. The molecule has 198 valence electrons. The van der Waals surface area contributed by atoms with E-state index >= 15 is 0 Å². The third-order valence-electron chi connectivity index (χ3n) is 7.79. The largest absolute Gasteiger partial charge is 0.425 e. The summed E-state index contributed by atoms with van der Waals surface area (Å²) in [6, 6.07) is 8.07. The zero-order valence-corrected chi connectivity index (χ0v) is 22.7. The number of rotatable bonds is 4. The van der Waals surface area contributed by atoms with E-state index in [-0.39, 0.29) is 28.1 Å². The minimum Gasteiger partial charge on any atom is -0.425 e. The Labute approximate surface area is 225 Å². The number of aliphatic hydroxyl groups is 1. The third-order valence-corrected chi connectivity index (χ3v) is 8.31. The van der Waals surface area contributed by atoms with Crippen molar-refractivity contribution < 1.29 is 23.8 Å². The number of carbonyl (C=O) groups is 2. The normalized spacial score (nSPS) is 32.7. The monoisotopic (exact) mass is 548 g/mol. The van der Waals surface area contributed by atoms with Crippen molar-refractivity contribution in [2.75, 3.05) is 0 Å². The van der Waals surface area contributed by atoms with Crippen LogP contribution in [0.4, 0.5) is 4.39 Å². The van der Waals surface area contributed by atoms with Gasteiger partial charge in [0.15, 0.2) is 0 Å². The van der Waals surface area contributed by atoms with Crippen LogP contribution in [0, 0.1) is 11.2 Å². The van der Waals surface area contributed by atoms with Crippen LogP contribution in [0.15, 0.2) is 36.4 Å². The van der Waals surface area contributed by atoms with Crippen molar-refractivity contribution in [1.82, 2.24) is 10.6 Å². The molecule has 2 aromatic rings. The van der Waals surface area contributed by atoms with E-state index in [4.69, 9.17) is 27.9 Å². The van der Waals surface area contributed by atoms with Crippen molar-refractivity contribution in [1.29, 1.82) is 0 Å². The standard InChI is InChI=1S/C28H31Cl2FN2O4/c1-26(2,3)13-21-28(17-9-19(31)18(30)10-20(17)37-25(28)35)22(14-6-5-7-15(29)8-14)23(33-21)24(34)32-16-11-27(4,36)12-16/h5-10,16,21-23,33,36H,11-13H2,1-4H3,(H,32,34). The number of fused-ring (bicyclic) bond motifs is 2. The van der Waals surface area contributed by atoms with Gasteiger partial charge < -0.3 is 20.5 Å². The highest BCUT2D eigenvalue weighted by atomic mass is 35.5. The highest BCUT2D eigenvalue weighted by molar-refractivity contribution is 6.31. The molecule has 4 atom stereocenters. The van der Waals surface area contributed by atoms with Gasteiger partial charge in [0.25, 0.3) is 0 Å². The Bertz CT molecular complexity index is 1270. The first-order valence-electron chi connectivity index (χ1n) is 12.5. The number of nitrogens with one attached hydrogen (secondary N) is 2. The lowest BCUT2D eigenvalue weighted by Crippen LogP contribution is -2.57. The van der Waals surface area contributed by atoms with Crippen LogP contribution in [-0.2, 0) is 15.0 Å². The summed E-state index contributed by atoms with van der Waals surface area (Å²) < 4.78 is 20.7. The summed E-state index contributed by atoms with van der Waals surface area (Å²) in [4.78, 5) is 27.7. The Kier molecular flexibility index (Phi) is 6.38. The molecule has 0 radical (unpaired) electrons. The fourth-order valence-corrected chi connectivity index (χ4v) is 6.74. The summed E-state index contributed by atoms with van der Waals surface area (Å²) in [7, 11) is 0. The summed E-state index contributed by atoms with van der Waals surface area (Å²) >= 11 is 12.4. The summed E-state index contributed by atoms with van der Waals surface area (Å²) in [6.45, 7) is 7.87. The minimum absolute atomic E-state index is 0.146. The molecule has 2 aliphatic heterocycles. The van der Waals surface area contributed by atoms with E-state index < -0.39 is 40.8 Å². The third kappa shape index (κ3) is 4.54. The van der Waals surface area contributed by atoms with E-state index in [1.807, 2.05) is 26.8 Å². The number of hydrogen-bond donors (Lipinski definition) is 3. The molecule has 5 rings (SSSR count). The van der Waals surface area contributed by atoms with Gasteiger partial charge in [0, 0.05) is 34.7 Å². The molecule has 3 aliphatic rings. The highest BCUT2D eigenvalue weighted by Gasteiger charge is 2.67. The topological polar surface area (TPSA) is 87.7 Å². The SMILES string of the molecule is CC(C)(C)CC1NC(C(=O)NC2CC(C)(O)C2)C(c2cccc(Cl)c2)C12C(=O)Oc1cc(Cl)c(F)cc12. The fourth-order valence-electron chi connectivity index (χ4n) is 6.39. The second-order valence-corrected chi connectivity index (χ2v) is 13.0. The molecule has 1 amide bonds. The molecule has 0 bridgehead atoms. The Hall–Kier alpha value is -2.19. The second kappa shape index (κ2) is 8.94. The van der Waals surface area contributed by atoms with Gasteiger partial charge in [-0.05, 0) is 55.4 Å². The van der Waals surface area contributed by atoms with E-state index in [1.54, 1.807) is 25.1 Å². The molecule has 1 saturated carbocycles. The predicted octanol–water partition coefficient (Wildman–Crippen LogP) is 4.88. The van der Waals surface area contributed by atoms with Gasteiger partial charge in [-0.25, -0.2) is 4.39 Å². The van der Waals surface area contributed by atoms with Crippen molar-refractivity contribution in [2.45, 2.75) is 82.0 Å². The lowest BCUT2D eigenvalue weighted by atomic mass is 9.62. The average molecular weight is 549 g/mol. The predicted molar refractivity (Wildman–Crippen MR) is 139 cm³/mol. The fraction of sp³-hybridized carbons (Fsp3) is 0.500. The van der Waals surface area contributed by atoms with Crippen molar-refractivity contribution in [3.8, 4) is 5.75 Å². The van der Waals surface area contributed by atoms with Gasteiger partial charge >= 0.3 is 5.97 Å². The van der Waals surface area contributed by atoms with E-state index in [0.717, 1.165) is 0 Å². The number of benzene rings is 2. The molecule has 3 N–H and O–H groups in total. The molecule has 2 heterocycles. The molecule has 1 aliphatic carbocycles. The highest BCUT2D eigenvalue weighted by Crippen LogP contribution is 2.58. The van der Waals surface area contributed by atoms with Crippen molar-refractivity contribution in [3.05, 3.63) is 63.4 Å². The van der Waals surface area contributed by atoms with Crippen LogP contribution < -0.4 is 15.4 Å². The summed E-state index contributed by atoms with van der Waals surface area (Å²) in [5.74, 6) is -2.06. The number of ether oxygens (including phenoxy) is 1. The van der Waals surface area contributed by atoms with Gasteiger partial charge in [-0.15, -0.1) is 0 Å². The molecular weight excluding hydrogens is 518 g/mol. The lowest BCUT2D eigenvalue weighted by Gasteiger charge is -2.42. The van der Waals surface area contributed by atoms with Gasteiger partial charge in [-0.2, -0.15) is 0 Å². The smallest absolute Gasteiger partial charge is 0.324 e. The number of carbonyl (C=O) groups excluding carboxylic acids is 2. The lowest BCUT2D eigenvalue weighted by molar-refractivity contribution is -0.139. The molecular formula is C28H31Cl2FN2O4. The van der Waals surface area contributed by atoms with Gasteiger partial charge in [-0.3, -0.25) is 9.59 Å². The summed E-state index contributed by atoms with van der Waals surface area (Å²) in [6.07, 6.45) is 1.39. The van der Waals surface area contributed by atoms with Gasteiger partial charge in [0.05, 0.1) is 16.7 Å². The number of hydrogen-bond acceptors (Lipinski definition) is 5. The van der Waals surface area contributed by atoms with Crippen molar-refractivity contribution in [2.24, 2.45) is 5.41 Å². The maximum Gasteiger partial charge on any atom is 0.324 e.